The van der Waals surface area contributed by atoms with Crippen LogP contribution in [0.4, 0.5) is 4.79 Å². The average molecular weight is 252 g/mol. The lowest BCUT2D eigenvalue weighted by molar-refractivity contribution is -0.142. The number of carbonyl (C=O) groups excluding carboxylic acids is 1. The van der Waals surface area contributed by atoms with Crippen LogP contribution in [0.15, 0.2) is 11.6 Å². The van der Waals surface area contributed by atoms with Crippen LogP contribution in [-0.4, -0.2) is 41.1 Å². The first-order valence-electron chi connectivity index (χ1n) is 6.52. The predicted octanol–water partition coefficient (Wildman–Crippen LogP) is 1.60. The molecular formula is C13H20N2O3. The van der Waals surface area contributed by atoms with Gasteiger partial charge in [-0.3, -0.25) is 4.79 Å². The number of carboxylic acid groups (broad SMARTS) is 1. The quantitative estimate of drug-likeness (QED) is 0.733. The van der Waals surface area contributed by atoms with E-state index in [1.165, 1.54) is 5.57 Å². The summed E-state index contributed by atoms with van der Waals surface area (Å²) >= 11 is 0. The van der Waals surface area contributed by atoms with Crippen molar-refractivity contribution in [2.45, 2.75) is 38.6 Å². The molecule has 5 nitrogen and oxygen atoms in total. The fraction of sp³-hybridized carbons (Fsp3) is 0.692. The van der Waals surface area contributed by atoms with Crippen molar-refractivity contribution in [3.05, 3.63) is 11.6 Å². The van der Waals surface area contributed by atoms with Crippen molar-refractivity contribution >= 4 is 12.0 Å². The average Bonchev–Trinajstić information content (AvgIpc) is 2.78. The summed E-state index contributed by atoms with van der Waals surface area (Å²) in [6, 6.07) is -0.334. The van der Waals surface area contributed by atoms with E-state index in [1.54, 1.807) is 4.90 Å². The highest BCUT2D eigenvalue weighted by Crippen LogP contribution is 2.26. The summed E-state index contributed by atoms with van der Waals surface area (Å²) in [5.41, 5.74) is 1.31. The Kier molecular flexibility index (Phi) is 3.89. The van der Waals surface area contributed by atoms with E-state index in [-0.39, 0.29) is 12.1 Å². The first kappa shape index (κ1) is 12.9. The number of rotatable bonds is 2. The van der Waals surface area contributed by atoms with Crippen LogP contribution in [0.2, 0.25) is 0 Å². The zero-order valence-corrected chi connectivity index (χ0v) is 10.7. The Balaban J connectivity index is 1.89. The molecule has 100 valence electrons. The monoisotopic (exact) mass is 252 g/mol. The van der Waals surface area contributed by atoms with E-state index >= 15 is 0 Å². The molecular weight excluding hydrogens is 232 g/mol. The van der Waals surface area contributed by atoms with Gasteiger partial charge in [0.15, 0.2) is 0 Å². The molecule has 1 heterocycles. The summed E-state index contributed by atoms with van der Waals surface area (Å²) in [6.07, 6.45) is 5.26. The van der Waals surface area contributed by atoms with Crippen LogP contribution >= 0.6 is 0 Å². The number of hydrogen-bond donors (Lipinski definition) is 2. The Hall–Kier alpha value is -1.52. The molecule has 1 saturated carbocycles. The van der Waals surface area contributed by atoms with E-state index < -0.39 is 11.9 Å². The number of carboxylic acids is 1. The Bertz CT molecular complexity index is 378. The molecule has 1 fully saturated rings. The first-order chi connectivity index (χ1) is 8.58. The third kappa shape index (κ3) is 2.83. The van der Waals surface area contributed by atoms with E-state index in [0.29, 0.717) is 13.0 Å². The van der Waals surface area contributed by atoms with Crippen molar-refractivity contribution in [1.82, 2.24) is 10.2 Å². The second-order valence-electron chi connectivity index (χ2n) is 5.18. The number of nitrogens with one attached hydrogen (secondary N) is 1. The summed E-state index contributed by atoms with van der Waals surface area (Å²) in [5.74, 6) is -1.22. The minimum absolute atomic E-state index is 0.128. The van der Waals surface area contributed by atoms with Crippen LogP contribution in [0.25, 0.3) is 0 Å². The fourth-order valence-corrected chi connectivity index (χ4v) is 2.63. The van der Waals surface area contributed by atoms with Crippen molar-refractivity contribution in [1.29, 1.82) is 0 Å². The minimum Gasteiger partial charge on any atom is -0.481 e. The molecule has 0 aromatic heterocycles. The van der Waals surface area contributed by atoms with Crippen LogP contribution in [0.5, 0.6) is 0 Å². The van der Waals surface area contributed by atoms with E-state index in [1.807, 2.05) is 6.08 Å². The number of hydrogen-bond acceptors (Lipinski definition) is 2. The van der Waals surface area contributed by atoms with Crippen molar-refractivity contribution < 1.29 is 14.7 Å². The molecule has 2 N–H and O–H groups in total. The van der Waals surface area contributed by atoms with Gasteiger partial charge < -0.3 is 15.3 Å². The highest BCUT2D eigenvalue weighted by atomic mass is 16.4. The molecule has 2 aliphatic rings. The van der Waals surface area contributed by atoms with Crippen molar-refractivity contribution in [2.75, 3.05) is 13.1 Å². The zero-order valence-electron chi connectivity index (χ0n) is 10.7. The molecule has 0 bridgehead atoms. The standard InChI is InChI=1S/C13H20N2O3/c1-9-5-7-15(8-6-9)13(18)14-11-4-2-3-10(11)12(16)17/h5,10-11H,2-4,6-8H2,1H3,(H,14,18)(H,16,17). The van der Waals surface area contributed by atoms with Crippen molar-refractivity contribution in [3.8, 4) is 0 Å². The molecule has 5 heteroatoms. The van der Waals surface area contributed by atoms with Gasteiger partial charge in [0, 0.05) is 19.1 Å². The van der Waals surface area contributed by atoms with Gasteiger partial charge in [0.05, 0.1) is 5.92 Å². The second kappa shape index (κ2) is 5.42. The molecule has 0 spiro atoms. The summed E-state index contributed by atoms with van der Waals surface area (Å²) < 4.78 is 0. The molecule has 1 aliphatic heterocycles. The molecule has 2 unspecified atom stereocenters. The van der Waals surface area contributed by atoms with Gasteiger partial charge in [-0.1, -0.05) is 18.1 Å². The zero-order chi connectivity index (χ0) is 13.1. The van der Waals surface area contributed by atoms with Gasteiger partial charge in [-0.15, -0.1) is 0 Å². The summed E-state index contributed by atoms with van der Waals surface area (Å²) in [5, 5.41) is 11.9. The number of nitrogens with zero attached hydrogens (tertiary/aromatic N) is 1. The van der Waals surface area contributed by atoms with Crippen LogP contribution in [0, 0.1) is 5.92 Å². The minimum atomic E-state index is -0.799. The Morgan fingerprint density at radius 2 is 2.22 bits per heavy atom. The van der Waals surface area contributed by atoms with Crippen LogP contribution in [0.1, 0.15) is 32.6 Å². The summed E-state index contributed by atoms with van der Waals surface area (Å²) in [6.45, 7) is 3.41. The Morgan fingerprint density at radius 1 is 1.44 bits per heavy atom. The number of carbonyl (C=O) groups is 2. The number of aliphatic carboxylic acids is 1. The highest BCUT2D eigenvalue weighted by Gasteiger charge is 2.34. The van der Waals surface area contributed by atoms with Gasteiger partial charge in [0.25, 0.3) is 0 Å². The second-order valence-corrected chi connectivity index (χ2v) is 5.18. The molecule has 0 radical (unpaired) electrons. The molecule has 0 saturated heterocycles. The van der Waals surface area contributed by atoms with Crippen LogP contribution < -0.4 is 5.32 Å². The molecule has 0 aromatic rings. The van der Waals surface area contributed by atoms with E-state index in [4.69, 9.17) is 5.11 Å². The van der Waals surface area contributed by atoms with E-state index in [9.17, 15) is 9.59 Å². The van der Waals surface area contributed by atoms with Gasteiger partial charge in [-0.2, -0.15) is 0 Å². The highest BCUT2D eigenvalue weighted by molar-refractivity contribution is 5.77. The Labute approximate surface area is 107 Å². The number of urea groups is 1. The normalized spacial score (nSPS) is 27.8. The molecule has 2 amide bonds. The molecule has 1 aliphatic carbocycles. The first-order valence-corrected chi connectivity index (χ1v) is 6.52. The van der Waals surface area contributed by atoms with E-state index in [2.05, 4.69) is 12.2 Å². The third-order valence-electron chi connectivity index (χ3n) is 3.87. The van der Waals surface area contributed by atoms with Gasteiger partial charge in [0.2, 0.25) is 0 Å². The molecule has 2 rings (SSSR count). The number of amides is 2. The third-order valence-corrected chi connectivity index (χ3v) is 3.87. The largest absolute Gasteiger partial charge is 0.481 e. The lowest BCUT2D eigenvalue weighted by atomic mass is 10.0. The maximum absolute atomic E-state index is 12.0. The molecule has 2 atom stereocenters. The SMILES string of the molecule is CC1=CCN(C(=O)NC2CCCC2C(=O)O)CC1. The predicted molar refractivity (Wildman–Crippen MR) is 67.2 cm³/mol. The maximum Gasteiger partial charge on any atom is 0.317 e. The van der Waals surface area contributed by atoms with Crippen molar-refractivity contribution in [2.24, 2.45) is 5.92 Å². The van der Waals surface area contributed by atoms with Gasteiger partial charge >= 0.3 is 12.0 Å². The molecule has 0 aromatic carbocycles. The van der Waals surface area contributed by atoms with Crippen molar-refractivity contribution in [3.63, 3.8) is 0 Å². The smallest absolute Gasteiger partial charge is 0.317 e. The van der Waals surface area contributed by atoms with Gasteiger partial charge in [0.1, 0.15) is 0 Å². The van der Waals surface area contributed by atoms with Crippen LogP contribution in [-0.2, 0) is 4.79 Å². The molecule has 18 heavy (non-hydrogen) atoms. The van der Waals surface area contributed by atoms with Gasteiger partial charge in [-0.25, -0.2) is 4.79 Å². The maximum atomic E-state index is 12.0. The summed E-state index contributed by atoms with van der Waals surface area (Å²) in [4.78, 5) is 24.8. The van der Waals surface area contributed by atoms with Crippen LogP contribution in [0.3, 0.4) is 0 Å². The summed E-state index contributed by atoms with van der Waals surface area (Å²) in [7, 11) is 0. The lowest BCUT2D eigenvalue weighted by Gasteiger charge is -2.28. The fourth-order valence-electron chi connectivity index (χ4n) is 2.63. The van der Waals surface area contributed by atoms with E-state index in [0.717, 1.165) is 25.8 Å². The lowest BCUT2D eigenvalue weighted by Crippen LogP contribution is -2.48. The van der Waals surface area contributed by atoms with Gasteiger partial charge in [-0.05, 0) is 26.2 Å². The topological polar surface area (TPSA) is 69.6 Å². The Morgan fingerprint density at radius 3 is 2.83 bits per heavy atom.